The maximum Gasteiger partial charge on any atom is 0.275 e. The summed E-state index contributed by atoms with van der Waals surface area (Å²) in [6, 6.07) is 16.7. The van der Waals surface area contributed by atoms with Crippen LogP contribution in [0.5, 0.6) is 5.75 Å². The molecule has 5 nitrogen and oxygen atoms in total. The number of nitrogens with one attached hydrogen (secondary N) is 1. The van der Waals surface area contributed by atoms with Crippen LogP contribution in [-0.2, 0) is 0 Å². The number of nitrogens with zero attached hydrogens (tertiary/aromatic N) is 2. The predicted molar refractivity (Wildman–Crippen MR) is 103 cm³/mol. The summed E-state index contributed by atoms with van der Waals surface area (Å²) in [5.74, 6) is -0.524. The number of aromatic nitrogens is 1. The molecule has 3 aromatic rings. The highest BCUT2D eigenvalue weighted by atomic mass is 16.3. The van der Waals surface area contributed by atoms with Gasteiger partial charge in [-0.1, -0.05) is 29.8 Å². The Morgan fingerprint density at radius 3 is 2.46 bits per heavy atom. The van der Waals surface area contributed by atoms with E-state index in [1.54, 1.807) is 24.4 Å². The number of aryl methyl sites for hydroxylation is 2. The highest BCUT2D eigenvalue weighted by Gasteiger charge is 2.11. The molecule has 0 aliphatic carbocycles. The maximum atomic E-state index is 12.1. The average molecular weight is 347 g/mol. The van der Waals surface area contributed by atoms with Crippen molar-refractivity contribution in [3.63, 3.8) is 0 Å². The molecule has 0 saturated heterocycles. The number of amides is 1. The van der Waals surface area contributed by atoms with Crippen molar-refractivity contribution < 1.29 is 9.90 Å². The van der Waals surface area contributed by atoms with Crippen molar-refractivity contribution >= 4 is 12.1 Å². The molecular weight excluding hydrogens is 326 g/mol. The summed E-state index contributed by atoms with van der Waals surface area (Å²) in [5, 5.41) is 13.7. The molecule has 0 aliphatic heterocycles. The molecule has 1 heterocycles. The highest BCUT2D eigenvalue weighted by Crippen LogP contribution is 2.20. The van der Waals surface area contributed by atoms with Crippen LogP contribution in [0.3, 0.4) is 0 Å². The molecule has 1 aromatic heterocycles. The van der Waals surface area contributed by atoms with Crippen molar-refractivity contribution in [3.05, 3.63) is 82.7 Å². The third-order valence-electron chi connectivity index (χ3n) is 4.28. The van der Waals surface area contributed by atoms with E-state index in [1.807, 2.05) is 19.9 Å². The van der Waals surface area contributed by atoms with E-state index in [1.165, 1.54) is 11.6 Å². The van der Waals surface area contributed by atoms with Crippen molar-refractivity contribution in [3.8, 4) is 11.4 Å². The van der Waals surface area contributed by atoms with Crippen molar-refractivity contribution in [1.82, 2.24) is 9.99 Å². The first-order valence-corrected chi connectivity index (χ1v) is 8.35. The van der Waals surface area contributed by atoms with Gasteiger partial charge in [-0.05, 0) is 51.1 Å². The summed E-state index contributed by atoms with van der Waals surface area (Å²) in [6.07, 6.45) is 1.62. The number of hydrogen-bond donors (Lipinski definition) is 2. The second-order valence-electron chi connectivity index (χ2n) is 6.21. The zero-order valence-electron chi connectivity index (χ0n) is 15.0. The first-order valence-electron chi connectivity index (χ1n) is 8.35. The SMILES string of the molecule is Cc1ccc(-n2c(C)cc(/C=N\NC(=O)c3ccccc3O)c2C)cc1. The minimum atomic E-state index is -0.452. The summed E-state index contributed by atoms with van der Waals surface area (Å²) >= 11 is 0. The van der Waals surface area contributed by atoms with E-state index in [0.717, 1.165) is 22.6 Å². The Morgan fingerprint density at radius 1 is 1.08 bits per heavy atom. The van der Waals surface area contributed by atoms with Crippen LogP contribution in [0.2, 0.25) is 0 Å². The van der Waals surface area contributed by atoms with E-state index in [9.17, 15) is 9.90 Å². The van der Waals surface area contributed by atoms with Gasteiger partial charge in [-0.3, -0.25) is 4.79 Å². The number of hydrazone groups is 1. The van der Waals surface area contributed by atoms with E-state index in [0.29, 0.717) is 0 Å². The zero-order chi connectivity index (χ0) is 18.7. The van der Waals surface area contributed by atoms with Gasteiger partial charge in [0.15, 0.2) is 0 Å². The van der Waals surface area contributed by atoms with Gasteiger partial charge in [0.1, 0.15) is 5.75 Å². The molecule has 0 unspecified atom stereocenters. The lowest BCUT2D eigenvalue weighted by Gasteiger charge is -2.09. The number of carbonyl (C=O) groups excluding carboxylic acids is 1. The fraction of sp³-hybridized carbons (Fsp3) is 0.143. The molecule has 0 aliphatic rings. The Bertz CT molecular complexity index is 969. The number of carbonyl (C=O) groups is 1. The second-order valence-corrected chi connectivity index (χ2v) is 6.21. The van der Waals surface area contributed by atoms with Gasteiger partial charge < -0.3 is 9.67 Å². The molecule has 3 rings (SSSR count). The molecule has 1 amide bonds. The topological polar surface area (TPSA) is 66.6 Å². The maximum absolute atomic E-state index is 12.1. The molecule has 0 spiro atoms. The van der Waals surface area contributed by atoms with E-state index in [4.69, 9.17) is 0 Å². The van der Waals surface area contributed by atoms with E-state index < -0.39 is 5.91 Å². The summed E-state index contributed by atoms with van der Waals surface area (Å²) < 4.78 is 2.14. The summed E-state index contributed by atoms with van der Waals surface area (Å²) in [7, 11) is 0. The predicted octanol–water partition coefficient (Wildman–Crippen LogP) is 3.87. The van der Waals surface area contributed by atoms with Crippen LogP contribution in [0.1, 0.15) is 32.9 Å². The third-order valence-corrected chi connectivity index (χ3v) is 4.28. The number of hydrogen-bond acceptors (Lipinski definition) is 3. The van der Waals surface area contributed by atoms with Crippen LogP contribution in [0.25, 0.3) is 5.69 Å². The number of phenols is 1. The quantitative estimate of drug-likeness (QED) is 0.556. The highest BCUT2D eigenvalue weighted by molar-refractivity contribution is 5.97. The molecule has 0 bridgehead atoms. The molecule has 0 fully saturated rings. The zero-order valence-corrected chi connectivity index (χ0v) is 15.0. The summed E-state index contributed by atoms with van der Waals surface area (Å²) in [4.78, 5) is 12.1. The Balaban J connectivity index is 1.79. The number of phenolic OH excluding ortho intramolecular Hbond substituents is 1. The molecular formula is C21H21N3O2. The van der Waals surface area contributed by atoms with Gasteiger partial charge in [0.2, 0.25) is 0 Å². The van der Waals surface area contributed by atoms with Crippen LogP contribution in [0, 0.1) is 20.8 Å². The first kappa shape index (κ1) is 17.5. The van der Waals surface area contributed by atoms with E-state index in [-0.39, 0.29) is 11.3 Å². The Hall–Kier alpha value is -3.34. The molecule has 0 radical (unpaired) electrons. The Morgan fingerprint density at radius 2 is 1.77 bits per heavy atom. The van der Waals surface area contributed by atoms with E-state index >= 15 is 0 Å². The normalized spacial score (nSPS) is 11.0. The fourth-order valence-electron chi connectivity index (χ4n) is 2.90. The second kappa shape index (κ2) is 7.27. The molecule has 26 heavy (non-hydrogen) atoms. The summed E-state index contributed by atoms with van der Waals surface area (Å²) in [6.45, 7) is 6.11. The minimum absolute atomic E-state index is 0.0715. The van der Waals surface area contributed by atoms with Crippen LogP contribution >= 0.6 is 0 Å². The smallest absolute Gasteiger partial charge is 0.275 e. The minimum Gasteiger partial charge on any atom is -0.507 e. The lowest BCUT2D eigenvalue weighted by molar-refractivity contribution is 0.0952. The average Bonchev–Trinajstić information content (AvgIpc) is 2.90. The van der Waals surface area contributed by atoms with Crippen LogP contribution in [-0.4, -0.2) is 21.8 Å². The van der Waals surface area contributed by atoms with Gasteiger partial charge >= 0.3 is 0 Å². The van der Waals surface area contributed by atoms with Gasteiger partial charge in [0.05, 0.1) is 11.8 Å². The number of aromatic hydroxyl groups is 1. The van der Waals surface area contributed by atoms with Gasteiger partial charge in [0.25, 0.3) is 5.91 Å². The van der Waals surface area contributed by atoms with Crippen LogP contribution < -0.4 is 5.43 Å². The molecule has 2 aromatic carbocycles. The largest absolute Gasteiger partial charge is 0.507 e. The lowest BCUT2D eigenvalue weighted by atomic mass is 10.2. The number of para-hydroxylation sites is 1. The van der Waals surface area contributed by atoms with Crippen molar-refractivity contribution in [2.24, 2.45) is 5.10 Å². The summed E-state index contributed by atoms with van der Waals surface area (Å²) in [5.41, 5.74) is 7.98. The monoisotopic (exact) mass is 347 g/mol. The van der Waals surface area contributed by atoms with Crippen LogP contribution in [0.15, 0.2) is 59.7 Å². The van der Waals surface area contributed by atoms with Crippen molar-refractivity contribution in [1.29, 1.82) is 0 Å². The first-order chi connectivity index (χ1) is 12.5. The number of rotatable bonds is 4. The van der Waals surface area contributed by atoms with E-state index in [2.05, 4.69) is 46.3 Å². The number of benzene rings is 2. The van der Waals surface area contributed by atoms with Gasteiger partial charge in [-0.25, -0.2) is 5.43 Å². The van der Waals surface area contributed by atoms with Gasteiger partial charge in [-0.15, -0.1) is 0 Å². The molecule has 0 atom stereocenters. The fourth-order valence-corrected chi connectivity index (χ4v) is 2.90. The van der Waals surface area contributed by atoms with Crippen molar-refractivity contribution in [2.75, 3.05) is 0 Å². The Kier molecular flexibility index (Phi) is 4.89. The molecule has 0 saturated carbocycles. The molecule has 5 heteroatoms. The Labute approximate surface area is 152 Å². The van der Waals surface area contributed by atoms with Gasteiger partial charge in [-0.2, -0.15) is 5.10 Å². The van der Waals surface area contributed by atoms with Crippen LogP contribution in [0.4, 0.5) is 0 Å². The van der Waals surface area contributed by atoms with Gasteiger partial charge in [0, 0.05) is 22.6 Å². The lowest BCUT2D eigenvalue weighted by Crippen LogP contribution is -2.17. The third kappa shape index (κ3) is 3.52. The van der Waals surface area contributed by atoms with Crippen molar-refractivity contribution in [2.45, 2.75) is 20.8 Å². The standard InChI is InChI=1S/C21H21N3O2/c1-14-8-10-18(11-9-14)24-15(2)12-17(16(24)3)13-22-23-21(26)19-6-4-5-7-20(19)25/h4-13,25H,1-3H3,(H,23,26)/b22-13-. The molecule has 2 N–H and O–H groups in total. The molecule has 132 valence electrons.